The number of carbonyl (C=O) groups excluding carboxylic acids is 2. The molecule has 1 N–H and O–H groups in total. The molecule has 0 spiro atoms. The van der Waals surface area contributed by atoms with Gasteiger partial charge in [-0.3, -0.25) is 23.9 Å². The van der Waals surface area contributed by atoms with Gasteiger partial charge in [0, 0.05) is 35.3 Å². The first-order valence-corrected chi connectivity index (χ1v) is 8.04. The van der Waals surface area contributed by atoms with Crippen LogP contribution in [0.4, 0.5) is 0 Å². The summed E-state index contributed by atoms with van der Waals surface area (Å²) < 4.78 is 8.13. The summed E-state index contributed by atoms with van der Waals surface area (Å²) in [5.41, 5.74) is 1.21. The molecule has 1 saturated carbocycles. The van der Waals surface area contributed by atoms with Gasteiger partial charge in [0.05, 0.1) is 0 Å². The maximum atomic E-state index is 12.3. The Hall–Kier alpha value is -2.90. The van der Waals surface area contributed by atoms with Crippen molar-refractivity contribution in [3.05, 3.63) is 56.1 Å². The molecule has 25 heavy (non-hydrogen) atoms. The zero-order valence-electron chi connectivity index (χ0n) is 14.1. The number of H-pyrrole nitrogens is 1. The van der Waals surface area contributed by atoms with Gasteiger partial charge in [-0.1, -0.05) is 0 Å². The van der Waals surface area contributed by atoms with Crippen LogP contribution in [0.2, 0.25) is 0 Å². The van der Waals surface area contributed by atoms with E-state index in [0.717, 1.165) is 34.9 Å². The molecule has 0 atom stereocenters. The Morgan fingerprint density at radius 3 is 2.64 bits per heavy atom. The summed E-state index contributed by atoms with van der Waals surface area (Å²) >= 11 is 0. The van der Waals surface area contributed by atoms with Gasteiger partial charge in [0.1, 0.15) is 6.54 Å². The maximum Gasteiger partial charge on any atom is 0.328 e. The molecular weight excluding hydrogens is 326 g/mol. The topological polar surface area (TPSA) is 103 Å². The van der Waals surface area contributed by atoms with Crippen molar-refractivity contribution in [2.24, 2.45) is 0 Å². The van der Waals surface area contributed by atoms with Crippen molar-refractivity contribution in [3.63, 3.8) is 0 Å². The lowest BCUT2D eigenvalue weighted by molar-refractivity contribution is -0.143. The highest BCUT2D eigenvalue weighted by atomic mass is 16.5. The first-order valence-electron chi connectivity index (χ1n) is 8.04. The molecule has 1 fully saturated rings. The molecule has 0 bridgehead atoms. The van der Waals surface area contributed by atoms with Gasteiger partial charge in [-0.2, -0.15) is 0 Å². The predicted octanol–water partition coefficient (Wildman–Crippen LogP) is 0.716. The first-order chi connectivity index (χ1) is 11.9. The molecule has 3 rings (SSSR count). The van der Waals surface area contributed by atoms with Crippen molar-refractivity contribution in [2.75, 3.05) is 6.61 Å². The number of esters is 1. The summed E-state index contributed by atoms with van der Waals surface area (Å²) in [6.07, 6.45) is 3.44. The Labute approximate surface area is 143 Å². The first kappa shape index (κ1) is 16.9. The third kappa shape index (κ3) is 3.62. The van der Waals surface area contributed by atoms with Gasteiger partial charge in [0.2, 0.25) is 5.78 Å². The molecule has 2 aromatic rings. The van der Waals surface area contributed by atoms with E-state index in [9.17, 15) is 19.2 Å². The number of rotatable bonds is 6. The number of aromatic nitrogens is 3. The van der Waals surface area contributed by atoms with Crippen molar-refractivity contribution in [1.82, 2.24) is 14.1 Å². The second-order valence-electron chi connectivity index (χ2n) is 6.21. The van der Waals surface area contributed by atoms with Crippen LogP contribution >= 0.6 is 0 Å². The molecule has 0 aliphatic heterocycles. The summed E-state index contributed by atoms with van der Waals surface area (Å²) in [6, 6.07) is 3.42. The molecule has 8 heteroatoms. The molecule has 0 aromatic carbocycles. The number of ether oxygens (including phenoxy) is 1. The number of aryl methyl sites for hydroxylation is 1. The Bertz CT molecular complexity index is 946. The fourth-order valence-corrected chi connectivity index (χ4v) is 2.93. The monoisotopic (exact) mass is 345 g/mol. The van der Waals surface area contributed by atoms with Crippen molar-refractivity contribution >= 4 is 11.8 Å². The Balaban J connectivity index is 1.62. The van der Waals surface area contributed by atoms with E-state index < -0.39 is 17.2 Å². The van der Waals surface area contributed by atoms with E-state index in [1.165, 1.54) is 6.20 Å². The largest absolute Gasteiger partial charge is 0.456 e. The number of nitrogens with zero attached hydrogens (tertiary/aromatic N) is 2. The normalized spacial score (nSPS) is 13.7. The number of carbonyl (C=O) groups is 2. The number of hydrogen-bond acceptors (Lipinski definition) is 5. The predicted molar refractivity (Wildman–Crippen MR) is 88.8 cm³/mol. The summed E-state index contributed by atoms with van der Waals surface area (Å²) in [4.78, 5) is 48.7. The Kier molecular flexibility index (Phi) is 4.43. The highest BCUT2D eigenvalue weighted by molar-refractivity contribution is 5.99. The number of ketones is 1. The number of hydrogen-bond donors (Lipinski definition) is 1. The average molecular weight is 345 g/mol. The summed E-state index contributed by atoms with van der Waals surface area (Å²) in [6.45, 7) is 3.09. The molecule has 0 amide bonds. The second-order valence-corrected chi connectivity index (χ2v) is 6.21. The Morgan fingerprint density at radius 1 is 1.28 bits per heavy atom. The van der Waals surface area contributed by atoms with Gasteiger partial charge in [-0.15, -0.1) is 0 Å². The van der Waals surface area contributed by atoms with E-state index in [2.05, 4.69) is 4.57 Å². The fourth-order valence-electron chi connectivity index (χ4n) is 2.93. The third-order valence-corrected chi connectivity index (χ3v) is 4.26. The minimum atomic E-state index is -0.724. The molecule has 1 aliphatic rings. The third-order valence-electron chi connectivity index (χ3n) is 4.26. The van der Waals surface area contributed by atoms with E-state index in [1.807, 2.05) is 24.9 Å². The Morgan fingerprint density at radius 2 is 2.00 bits per heavy atom. The van der Waals surface area contributed by atoms with Crippen LogP contribution in [0.25, 0.3) is 0 Å². The van der Waals surface area contributed by atoms with Gasteiger partial charge in [0.25, 0.3) is 5.56 Å². The van der Waals surface area contributed by atoms with Crippen LogP contribution in [0.15, 0.2) is 27.9 Å². The standard InChI is InChI=1S/C17H19N3O5/c1-10-7-13(11(2)20(10)12-3-4-12)14(21)9-25-16(23)8-19-6-5-15(22)18-17(19)24/h5-7,12H,3-4,8-9H2,1-2H3,(H,18,22,24). The van der Waals surface area contributed by atoms with Crippen LogP contribution in [-0.4, -0.2) is 32.5 Å². The lowest BCUT2D eigenvalue weighted by Gasteiger charge is -2.08. The SMILES string of the molecule is Cc1cc(C(=O)COC(=O)Cn2ccc(=O)[nH]c2=O)c(C)n1C1CC1. The molecule has 0 radical (unpaired) electrons. The lowest BCUT2D eigenvalue weighted by atomic mass is 10.1. The molecule has 2 aromatic heterocycles. The van der Waals surface area contributed by atoms with E-state index >= 15 is 0 Å². The van der Waals surface area contributed by atoms with E-state index in [0.29, 0.717) is 11.6 Å². The zero-order valence-corrected chi connectivity index (χ0v) is 14.1. The number of nitrogens with one attached hydrogen (secondary N) is 1. The summed E-state index contributed by atoms with van der Waals surface area (Å²) in [7, 11) is 0. The highest BCUT2D eigenvalue weighted by Gasteiger charge is 2.28. The lowest BCUT2D eigenvalue weighted by Crippen LogP contribution is -2.31. The van der Waals surface area contributed by atoms with Gasteiger partial charge in [0.15, 0.2) is 6.61 Å². The smallest absolute Gasteiger partial charge is 0.328 e. The molecule has 132 valence electrons. The highest BCUT2D eigenvalue weighted by Crippen LogP contribution is 2.38. The van der Waals surface area contributed by atoms with Gasteiger partial charge in [-0.25, -0.2) is 4.79 Å². The average Bonchev–Trinajstić information content (AvgIpc) is 3.33. The molecular formula is C17H19N3O5. The quantitative estimate of drug-likeness (QED) is 0.614. The minimum absolute atomic E-state index is 0.276. The fraction of sp³-hybridized carbons (Fsp3) is 0.412. The zero-order chi connectivity index (χ0) is 18.1. The second kappa shape index (κ2) is 6.54. The number of aromatic amines is 1. The van der Waals surface area contributed by atoms with Gasteiger partial charge < -0.3 is 9.30 Å². The summed E-state index contributed by atoms with van der Waals surface area (Å²) in [5.74, 6) is -0.999. The van der Waals surface area contributed by atoms with E-state index in [1.54, 1.807) is 0 Å². The molecule has 0 saturated heterocycles. The van der Waals surface area contributed by atoms with Gasteiger partial charge >= 0.3 is 11.7 Å². The summed E-state index contributed by atoms with van der Waals surface area (Å²) in [5, 5.41) is 0. The van der Waals surface area contributed by atoms with Crippen LogP contribution in [-0.2, 0) is 16.1 Å². The molecule has 8 nitrogen and oxygen atoms in total. The minimum Gasteiger partial charge on any atom is -0.456 e. The molecule has 1 aliphatic carbocycles. The van der Waals surface area contributed by atoms with Crippen LogP contribution in [0.5, 0.6) is 0 Å². The maximum absolute atomic E-state index is 12.3. The van der Waals surface area contributed by atoms with E-state index in [4.69, 9.17) is 4.74 Å². The number of Topliss-reactive ketones (excluding diaryl/α,β-unsaturated/α-hetero) is 1. The van der Waals surface area contributed by atoms with E-state index in [-0.39, 0.29) is 18.9 Å². The molecule has 2 heterocycles. The van der Waals surface area contributed by atoms with Crippen molar-refractivity contribution in [2.45, 2.75) is 39.3 Å². The van der Waals surface area contributed by atoms with Gasteiger partial charge in [-0.05, 0) is 32.8 Å². The van der Waals surface area contributed by atoms with Crippen molar-refractivity contribution in [1.29, 1.82) is 0 Å². The molecule has 0 unspecified atom stereocenters. The van der Waals surface area contributed by atoms with Crippen molar-refractivity contribution < 1.29 is 14.3 Å². The van der Waals surface area contributed by atoms with Crippen molar-refractivity contribution in [3.8, 4) is 0 Å². The van der Waals surface area contributed by atoms with Crippen LogP contribution in [0.3, 0.4) is 0 Å². The van der Waals surface area contributed by atoms with Crippen LogP contribution in [0.1, 0.15) is 40.6 Å². The van der Waals surface area contributed by atoms with Crippen LogP contribution in [0, 0.1) is 13.8 Å². The van der Waals surface area contributed by atoms with Crippen LogP contribution < -0.4 is 11.2 Å².